The van der Waals surface area contributed by atoms with Gasteiger partial charge in [0.05, 0.1) is 98.2 Å². The summed E-state index contributed by atoms with van der Waals surface area (Å²) < 4.78 is 122. The summed E-state index contributed by atoms with van der Waals surface area (Å²) in [5, 5.41) is 25.1. The summed E-state index contributed by atoms with van der Waals surface area (Å²) in [6.45, 7) is 8.98. The molecule has 1 saturated carbocycles. The molecule has 0 spiro atoms. The normalized spacial score (nSPS) is 30.4. The van der Waals surface area contributed by atoms with Crippen LogP contribution in [-0.2, 0) is 61.8 Å². The monoisotopic (exact) mass is 912 g/mol. The van der Waals surface area contributed by atoms with E-state index in [1.165, 1.54) is 6.92 Å². The second-order valence-electron chi connectivity index (χ2n) is 15.0. The van der Waals surface area contributed by atoms with Gasteiger partial charge in [0.2, 0.25) is 5.91 Å². The number of hydrogen-bond acceptors (Lipinski definition) is 18. The fourth-order valence-corrected chi connectivity index (χ4v) is 6.33. The standard InChI is InChI=1S/C38H65F5N4O15/c1-23(2)37(52)62-36-33(44-24(3)49)38(60-26(22-48)34(36)51)59-8-4-5-25-21-47(46-45-25)7-10-54-12-14-56-16-18-58-20-19-57-17-15-55-13-11-53-9-6-27(50)61-35-31(42)29(40)28(39)30(41)32(35)43/h23,25-26,28-36,38,45-46,48,51H,4-22H2,1-3H3,(H,44,49)/t25?,26-,28?,29?,30?,31?,32?,33-,34+,35?,36-,38-/m1/s1. The molecule has 62 heavy (non-hydrogen) atoms. The Bertz CT molecular complexity index is 1260. The van der Waals surface area contributed by atoms with Crippen molar-refractivity contribution in [1.82, 2.24) is 21.3 Å². The van der Waals surface area contributed by atoms with Crippen LogP contribution >= 0.6 is 0 Å². The van der Waals surface area contributed by atoms with Gasteiger partial charge in [-0.1, -0.05) is 13.8 Å². The third-order valence-corrected chi connectivity index (χ3v) is 9.72. The van der Waals surface area contributed by atoms with Gasteiger partial charge < -0.3 is 62.9 Å². The molecule has 0 aromatic heterocycles. The Hall–Kier alpha value is -2.46. The number of halogens is 5. The molecule has 5 N–H and O–H groups in total. The van der Waals surface area contributed by atoms with Gasteiger partial charge in [0.25, 0.3) is 0 Å². The van der Waals surface area contributed by atoms with Gasteiger partial charge in [0, 0.05) is 32.7 Å². The van der Waals surface area contributed by atoms with E-state index in [0.717, 1.165) is 6.42 Å². The number of hydrazine groups is 2. The summed E-state index contributed by atoms with van der Waals surface area (Å²) in [5.74, 6) is -2.60. The Morgan fingerprint density at radius 3 is 1.77 bits per heavy atom. The van der Waals surface area contributed by atoms with Crippen molar-refractivity contribution in [3.63, 3.8) is 0 Å². The molecule has 5 unspecified atom stereocenters. The highest BCUT2D eigenvalue weighted by Crippen LogP contribution is 2.34. The van der Waals surface area contributed by atoms with Gasteiger partial charge in [-0.3, -0.25) is 14.4 Å². The average Bonchev–Trinajstić information content (AvgIpc) is 3.70. The van der Waals surface area contributed by atoms with E-state index in [-0.39, 0.29) is 39.1 Å². The number of carbonyl (C=O) groups is 3. The lowest BCUT2D eigenvalue weighted by atomic mass is 9.89. The molecule has 19 nitrogen and oxygen atoms in total. The first kappa shape index (κ1) is 53.9. The Labute approximate surface area is 358 Å². The van der Waals surface area contributed by atoms with E-state index in [0.29, 0.717) is 72.4 Å². The van der Waals surface area contributed by atoms with Crippen LogP contribution in [-0.4, -0.2) is 212 Å². The van der Waals surface area contributed by atoms with E-state index in [1.807, 2.05) is 5.01 Å². The molecule has 362 valence electrons. The molecule has 2 heterocycles. The largest absolute Gasteiger partial charge is 0.457 e. The molecule has 0 aromatic carbocycles. The van der Waals surface area contributed by atoms with Gasteiger partial charge in [-0.25, -0.2) is 32.4 Å². The molecule has 1 amide bonds. The third-order valence-electron chi connectivity index (χ3n) is 9.72. The Morgan fingerprint density at radius 1 is 0.742 bits per heavy atom. The van der Waals surface area contributed by atoms with Gasteiger partial charge >= 0.3 is 11.9 Å². The zero-order chi connectivity index (χ0) is 45.4. The van der Waals surface area contributed by atoms with E-state index in [9.17, 15) is 46.5 Å². The molecule has 0 bridgehead atoms. The van der Waals surface area contributed by atoms with Crippen molar-refractivity contribution < 1.29 is 93.9 Å². The molecule has 3 aliphatic rings. The molecule has 3 fully saturated rings. The second-order valence-corrected chi connectivity index (χ2v) is 15.0. The fraction of sp³-hybridized carbons (Fsp3) is 0.921. The van der Waals surface area contributed by atoms with Crippen LogP contribution in [0.15, 0.2) is 0 Å². The summed E-state index contributed by atoms with van der Waals surface area (Å²) in [7, 11) is 0. The van der Waals surface area contributed by atoms with Crippen molar-refractivity contribution in [3.8, 4) is 0 Å². The van der Waals surface area contributed by atoms with Crippen LogP contribution in [0, 0.1) is 5.92 Å². The zero-order valence-electron chi connectivity index (χ0n) is 35.5. The minimum absolute atomic E-state index is 0.0892. The number of rotatable bonds is 31. The highest BCUT2D eigenvalue weighted by Gasteiger charge is 2.55. The van der Waals surface area contributed by atoms with Gasteiger partial charge in [-0.05, 0) is 12.8 Å². The lowest BCUT2D eigenvalue weighted by molar-refractivity contribution is -0.274. The van der Waals surface area contributed by atoms with Gasteiger partial charge in [-0.15, -0.1) is 0 Å². The first-order valence-corrected chi connectivity index (χ1v) is 20.9. The first-order valence-electron chi connectivity index (χ1n) is 20.9. The first-order chi connectivity index (χ1) is 29.7. The van der Waals surface area contributed by atoms with Crippen LogP contribution in [0.3, 0.4) is 0 Å². The van der Waals surface area contributed by atoms with Crippen molar-refractivity contribution in [2.45, 2.75) is 114 Å². The number of nitrogens with one attached hydrogen (secondary N) is 3. The molecular formula is C38H65F5N4O15. The zero-order valence-corrected chi connectivity index (χ0v) is 35.5. The summed E-state index contributed by atoms with van der Waals surface area (Å²) in [4.78, 5) is 36.1. The quantitative estimate of drug-likeness (QED) is 0.0343. The van der Waals surface area contributed by atoms with E-state index >= 15 is 0 Å². The van der Waals surface area contributed by atoms with Crippen LogP contribution in [0.25, 0.3) is 0 Å². The summed E-state index contributed by atoms with van der Waals surface area (Å²) >= 11 is 0. The highest BCUT2D eigenvalue weighted by atomic mass is 19.2. The maximum Gasteiger partial charge on any atom is 0.308 e. The average molecular weight is 913 g/mol. The molecule has 1 aliphatic carbocycles. The van der Waals surface area contributed by atoms with Crippen LogP contribution in [0.2, 0.25) is 0 Å². The predicted octanol–water partition coefficient (Wildman–Crippen LogP) is -0.267. The summed E-state index contributed by atoms with van der Waals surface area (Å²) in [5.41, 5.74) is 6.33. The molecule has 2 aliphatic heterocycles. The molecule has 2 saturated heterocycles. The van der Waals surface area contributed by atoms with Gasteiger partial charge in [0.1, 0.15) is 18.2 Å². The summed E-state index contributed by atoms with van der Waals surface area (Å²) in [6.07, 6.45) is -20.6. The molecule has 24 heteroatoms. The Morgan fingerprint density at radius 2 is 1.26 bits per heavy atom. The number of ether oxygens (including phenoxy) is 10. The van der Waals surface area contributed by atoms with Crippen molar-refractivity contribution in [2.24, 2.45) is 5.92 Å². The van der Waals surface area contributed by atoms with E-state index in [1.54, 1.807) is 13.8 Å². The van der Waals surface area contributed by atoms with Crippen molar-refractivity contribution in [2.75, 3.05) is 106 Å². The van der Waals surface area contributed by atoms with Crippen molar-refractivity contribution in [3.05, 3.63) is 0 Å². The van der Waals surface area contributed by atoms with Crippen LogP contribution in [0.1, 0.15) is 40.0 Å². The second kappa shape index (κ2) is 29.9. The minimum atomic E-state index is -2.97. The lowest BCUT2D eigenvalue weighted by Gasteiger charge is -2.43. The topological polar surface area (TPSA) is 223 Å². The van der Waals surface area contributed by atoms with Gasteiger partial charge in [-0.2, -0.15) is 5.53 Å². The molecule has 3 rings (SSSR count). The van der Waals surface area contributed by atoms with Gasteiger partial charge in [0.15, 0.2) is 49.4 Å². The Balaban J connectivity index is 1.09. The Kier molecular flexibility index (Phi) is 26.0. The fourth-order valence-electron chi connectivity index (χ4n) is 6.33. The van der Waals surface area contributed by atoms with Crippen LogP contribution in [0.4, 0.5) is 22.0 Å². The smallest absolute Gasteiger partial charge is 0.308 e. The van der Waals surface area contributed by atoms with E-state index in [4.69, 9.17) is 42.6 Å². The van der Waals surface area contributed by atoms with E-state index < -0.39 is 104 Å². The predicted molar refractivity (Wildman–Crippen MR) is 205 cm³/mol. The highest BCUT2D eigenvalue weighted by molar-refractivity contribution is 5.74. The van der Waals surface area contributed by atoms with Crippen LogP contribution in [0.5, 0.6) is 0 Å². The maximum absolute atomic E-state index is 13.8. The number of amides is 1. The molecular weight excluding hydrogens is 847 g/mol. The number of esters is 2. The van der Waals surface area contributed by atoms with Crippen molar-refractivity contribution in [1.29, 1.82) is 0 Å². The van der Waals surface area contributed by atoms with E-state index in [2.05, 4.69) is 21.0 Å². The number of nitrogens with zero attached hydrogens (tertiary/aromatic N) is 1. The maximum atomic E-state index is 13.8. The molecule has 0 radical (unpaired) electrons. The number of carbonyl (C=O) groups excluding carboxylic acids is 3. The summed E-state index contributed by atoms with van der Waals surface area (Å²) in [6, 6.07) is -0.859. The number of hydrogen-bond donors (Lipinski definition) is 5. The molecule has 0 aromatic rings. The third kappa shape index (κ3) is 18.9. The number of aliphatic hydroxyl groups excluding tert-OH is 2. The molecule has 10 atom stereocenters. The lowest BCUT2D eigenvalue weighted by Crippen LogP contribution is -2.65. The minimum Gasteiger partial charge on any atom is -0.457 e. The SMILES string of the molecule is CC(=O)N[C@H]1[C@H](OCCCC2CN(CCOCCOCCOCCOCCOCCOCCC(=O)OC3C(F)C(F)C(F)C(F)C3F)NN2)O[C@H](CO)[C@H](O)[C@@H]1OC(=O)C(C)C. The van der Waals surface area contributed by atoms with Crippen molar-refractivity contribution >= 4 is 17.8 Å². The number of aliphatic hydroxyl groups is 2. The number of alkyl halides is 5. The van der Waals surface area contributed by atoms with Crippen LogP contribution < -0.4 is 16.3 Å².